The van der Waals surface area contributed by atoms with E-state index in [2.05, 4.69) is 92.3 Å². The van der Waals surface area contributed by atoms with E-state index in [0.29, 0.717) is 32.1 Å². The van der Waals surface area contributed by atoms with Crippen molar-refractivity contribution in [2.75, 3.05) is 82.2 Å². The summed E-state index contributed by atoms with van der Waals surface area (Å²) in [6.07, 6.45) is 0. The molecule has 4 aliphatic rings. The number of fused-ring (bicyclic) bond motifs is 2. The highest BCUT2D eigenvalue weighted by Crippen LogP contribution is 2.37. The van der Waals surface area contributed by atoms with Gasteiger partial charge in [-0.1, -0.05) is 12.1 Å². The number of piperazine rings is 2. The third kappa shape index (κ3) is 7.30. The molecule has 12 heteroatoms. The van der Waals surface area contributed by atoms with Crippen LogP contribution < -0.4 is 28.7 Å². The minimum absolute atomic E-state index is 0.332. The zero-order valence-corrected chi connectivity index (χ0v) is 29.3. The van der Waals surface area contributed by atoms with Crippen LogP contribution in [0.15, 0.2) is 47.2 Å². The lowest BCUT2D eigenvalue weighted by Gasteiger charge is -2.38. The molecule has 0 saturated carbocycles. The molecular weight excluding hydrogens is 633 g/mol. The van der Waals surface area contributed by atoms with Crippen molar-refractivity contribution < 1.29 is 18.9 Å². The van der Waals surface area contributed by atoms with E-state index in [4.69, 9.17) is 18.9 Å². The summed E-state index contributed by atoms with van der Waals surface area (Å²) in [5.41, 5.74) is 4.80. The Bertz CT molecular complexity index is 1650. The molecule has 4 aromatic rings. The largest absolute Gasteiger partial charge is 0.486 e. The van der Waals surface area contributed by atoms with Crippen LogP contribution in [0.3, 0.4) is 0 Å². The third-order valence-corrected chi connectivity index (χ3v) is 11.4. The predicted octanol–water partition coefficient (Wildman–Crippen LogP) is 6.17. The first kappa shape index (κ1) is 32.0. The molecule has 2 aromatic carbocycles. The smallest absolute Gasteiger partial charge is 0.231 e. The second-order valence-electron chi connectivity index (χ2n) is 12.5. The van der Waals surface area contributed by atoms with Gasteiger partial charge in [-0.25, -0.2) is 9.97 Å². The van der Waals surface area contributed by atoms with Gasteiger partial charge in [0.25, 0.3) is 0 Å². The summed E-state index contributed by atoms with van der Waals surface area (Å²) >= 11 is 3.48. The minimum atomic E-state index is 0.332. The Labute approximate surface area is 285 Å². The second-order valence-corrected chi connectivity index (χ2v) is 14.1. The highest BCUT2D eigenvalue weighted by molar-refractivity contribution is 7.14. The van der Waals surface area contributed by atoms with E-state index < -0.39 is 0 Å². The number of hydrogen-bond acceptors (Lipinski definition) is 12. The second kappa shape index (κ2) is 14.3. The molecule has 0 amide bonds. The fourth-order valence-corrected chi connectivity index (χ4v) is 8.20. The highest BCUT2D eigenvalue weighted by atomic mass is 32.1. The summed E-state index contributed by atoms with van der Waals surface area (Å²) in [6.45, 7) is 18.6. The number of benzene rings is 2. The molecule has 47 heavy (non-hydrogen) atoms. The number of hydrogen-bond donors (Lipinski definition) is 0. The van der Waals surface area contributed by atoms with Crippen LogP contribution in [0.4, 0.5) is 10.3 Å². The third-order valence-electron chi connectivity index (χ3n) is 9.41. The minimum Gasteiger partial charge on any atom is -0.486 e. The Morgan fingerprint density at radius 1 is 0.574 bits per heavy atom. The summed E-state index contributed by atoms with van der Waals surface area (Å²) in [6, 6.07) is 13.4. The van der Waals surface area contributed by atoms with Crippen molar-refractivity contribution in [3.63, 3.8) is 0 Å². The Hall–Kier alpha value is -3.58. The molecule has 8 rings (SSSR count). The Morgan fingerprint density at radius 3 is 1.47 bits per heavy atom. The molecular formula is C35H44N6O4S2. The van der Waals surface area contributed by atoms with E-state index >= 15 is 0 Å². The van der Waals surface area contributed by atoms with Gasteiger partial charge in [0.1, 0.15) is 13.2 Å². The maximum atomic E-state index is 5.72. The lowest BCUT2D eigenvalue weighted by Crippen LogP contribution is -2.47. The maximum Gasteiger partial charge on any atom is 0.231 e. The summed E-state index contributed by atoms with van der Waals surface area (Å²) in [7, 11) is 0. The van der Waals surface area contributed by atoms with Crippen molar-refractivity contribution in [1.29, 1.82) is 0 Å². The SMILES string of the molecule is Cc1csc(N2CCN(C(C)c3ccc4c(c3)OCCO4)CC2)n1.Cc1csc(N2CCN(C(C)c3ccc4c(c3)OCO4)CC2)n1. The monoisotopic (exact) mass is 676 g/mol. The van der Waals surface area contributed by atoms with E-state index in [1.165, 1.54) is 11.1 Å². The van der Waals surface area contributed by atoms with Crippen molar-refractivity contribution in [1.82, 2.24) is 19.8 Å². The fraction of sp³-hybridized carbons (Fsp3) is 0.486. The highest BCUT2D eigenvalue weighted by Gasteiger charge is 2.26. The van der Waals surface area contributed by atoms with Crippen molar-refractivity contribution in [2.24, 2.45) is 0 Å². The predicted molar refractivity (Wildman–Crippen MR) is 188 cm³/mol. The molecule has 6 heterocycles. The van der Waals surface area contributed by atoms with Gasteiger partial charge in [0.15, 0.2) is 33.3 Å². The van der Waals surface area contributed by atoms with E-state index in [9.17, 15) is 0 Å². The standard InChI is InChI=1S/C18H23N3O2S.C17H21N3O2S/c1-13-12-24-18(19-13)21-7-5-20(6-8-21)14(2)15-3-4-16-17(11-15)23-10-9-22-16;1-12-10-23-17(18-12)20-7-5-19(6-8-20)13(2)14-3-4-15-16(9-14)22-11-21-15/h3-4,11-12,14H,5-10H2,1-2H3;3-4,9-10,13H,5-8,11H2,1-2H3. The molecule has 250 valence electrons. The van der Waals surface area contributed by atoms with Gasteiger partial charge in [-0.05, 0) is 63.1 Å². The fourth-order valence-electron chi connectivity index (χ4n) is 6.49. The van der Waals surface area contributed by atoms with Gasteiger partial charge in [-0.2, -0.15) is 0 Å². The summed E-state index contributed by atoms with van der Waals surface area (Å²) < 4.78 is 22.2. The molecule has 0 radical (unpaired) electrons. The first-order valence-electron chi connectivity index (χ1n) is 16.5. The zero-order valence-electron chi connectivity index (χ0n) is 27.7. The molecule has 4 aliphatic heterocycles. The first-order chi connectivity index (χ1) is 22.9. The quantitative estimate of drug-likeness (QED) is 0.237. The number of aromatic nitrogens is 2. The van der Waals surface area contributed by atoms with Gasteiger partial charge in [-0.3, -0.25) is 9.80 Å². The van der Waals surface area contributed by atoms with Gasteiger partial charge in [0.05, 0.1) is 11.4 Å². The number of thiazole rings is 2. The van der Waals surface area contributed by atoms with Crippen molar-refractivity contribution in [3.8, 4) is 23.0 Å². The van der Waals surface area contributed by atoms with E-state index in [1.54, 1.807) is 22.7 Å². The van der Waals surface area contributed by atoms with Gasteiger partial charge >= 0.3 is 0 Å². The average Bonchev–Trinajstić information content (AvgIpc) is 3.89. The summed E-state index contributed by atoms with van der Waals surface area (Å²) in [5.74, 6) is 3.46. The molecule has 2 aromatic heterocycles. The molecule has 10 nitrogen and oxygen atoms in total. The van der Waals surface area contributed by atoms with Gasteiger partial charge in [-0.15, -0.1) is 22.7 Å². The van der Waals surface area contributed by atoms with Gasteiger partial charge < -0.3 is 28.7 Å². The number of aryl methyl sites for hydroxylation is 2. The maximum absolute atomic E-state index is 5.72. The molecule has 0 bridgehead atoms. The van der Waals surface area contributed by atoms with Crippen LogP contribution in [-0.4, -0.2) is 92.1 Å². The lowest BCUT2D eigenvalue weighted by atomic mass is 10.1. The van der Waals surface area contributed by atoms with E-state index in [0.717, 1.165) is 97.0 Å². The van der Waals surface area contributed by atoms with Gasteiger partial charge in [0, 0.05) is 75.2 Å². The van der Waals surface area contributed by atoms with Crippen LogP contribution in [-0.2, 0) is 0 Å². The normalized spacial score (nSPS) is 19.2. The average molecular weight is 677 g/mol. The lowest BCUT2D eigenvalue weighted by molar-refractivity contribution is 0.169. The molecule has 2 fully saturated rings. The van der Waals surface area contributed by atoms with E-state index in [-0.39, 0.29) is 0 Å². The number of rotatable bonds is 6. The molecule has 2 saturated heterocycles. The zero-order chi connectivity index (χ0) is 32.3. The summed E-state index contributed by atoms with van der Waals surface area (Å²) in [4.78, 5) is 19.0. The van der Waals surface area contributed by atoms with E-state index in [1.807, 2.05) is 12.1 Å². The van der Waals surface area contributed by atoms with Crippen LogP contribution >= 0.6 is 22.7 Å². The number of ether oxygens (including phenoxy) is 4. The Morgan fingerprint density at radius 2 is 1.00 bits per heavy atom. The number of nitrogens with zero attached hydrogens (tertiary/aromatic N) is 6. The first-order valence-corrected chi connectivity index (χ1v) is 18.3. The molecule has 0 N–H and O–H groups in total. The van der Waals surface area contributed by atoms with Crippen LogP contribution in [0.25, 0.3) is 0 Å². The molecule has 0 spiro atoms. The van der Waals surface area contributed by atoms with Crippen molar-refractivity contribution >= 4 is 32.9 Å². The van der Waals surface area contributed by atoms with Crippen LogP contribution in [0.5, 0.6) is 23.0 Å². The van der Waals surface area contributed by atoms with Crippen molar-refractivity contribution in [2.45, 2.75) is 39.8 Å². The van der Waals surface area contributed by atoms with Crippen LogP contribution in [0.1, 0.15) is 48.4 Å². The Balaban J connectivity index is 0.000000150. The number of anilines is 2. The summed E-state index contributed by atoms with van der Waals surface area (Å²) in [5, 5.41) is 6.55. The van der Waals surface area contributed by atoms with Gasteiger partial charge in [0.2, 0.25) is 6.79 Å². The topological polar surface area (TPSA) is 75.7 Å². The molecule has 2 unspecified atom stereocenters. The molecule has 0 aliphatic carbocycles. The van der Waals surface area contributed by atoms with Crippen molar-refractivity contribution in [3.05, 3.63) is 69.7 Å². The molecule has 2 atom stereocenters. The van der Waals surface area contributed by atoms with Crippen LogP contribution in [0.2, 0.25) is 0 Å². The Kier molecular flexibility index (Phi) is 9.71. The van der Waals surface area contributed by atoms with Crippen LogP contribution in [0, 0.1) is 13.8 Å².